The van der Waals surface area contributed by atoms with Gasteiger partial charge in [0, 0.05) is 0 Å². The molecule has 0 aliphatic heterocycles. The Morgan fingerprint density at radius 1 is 1.38 bits per heavy atom. The molecule has 1 atom stereocenters. The second-order valence-corrected chi connectivity index (χ2v) is 4.95. The van der Waals surface area contributed by atoms with Crippen LogP contribution < -0.4 is 0 Å². The van der Waals surface area contributed by atoms with Gasteiger partial charge in [-0.3, -0.25) is 0 Å². The van der Waals surface area contributed by atoms with Crippen LogP contribution in [0, 0.1) is 11.3 Å². The summed E-state index contributed by atoms with van der Waals surface area (Å²) in [5.41, 5.74) is 5.00. The van der Waals surface area contributed by atoms with Crippen molar-refractivity contribution in [2.24, 2.45) is 11.3 Å². The van der Waals surface area contributed by atoms with Crippen LogP contribution >= 0.6 is 0 Å². The molecule has 0 N–H and O–H groups in total. The van der Waals surface area contributed by atoms with Gasteiger partial charge in [-0.1, -0.05) is 44.6 Å². The molecule has 0 aromatic heterocycles. The second kappa shape index (κ2) is 2.60. The van der Waals surface area contributed by atoms with Crippen molar-refractivity contribution in [3.05, 3.63) is 34.9 Å². The number of rotatable bonds is 0. The SMILES string of the molecule is CC1=CCC(C)(C)C2=C1C(C)C=C2. The molecule has 0 heterocycles. The summed E-state index contributed by atoms with van der Waals surface area (Å²) in [4.78, 5) is 0. The molecule has 1 unspecified atom stereocenters. The lowest BCUT2D eigenvalue weighted by Crippen LogP contribution is -2.18. The van der Waals surface area contributed by atoms with Gasteiger partial charge >= 0.3 is 0 Å². The molecule has 2 aliphatic carbocycles. The summed E-state index contributed by atoms with van der Waals surface area (Å²) in [5, 5.41) is 0. The maximum atomic E-state index is 2.39. The number of hydrogen-bond donors (Lipinski definition) is 0. The van der Waals surface area contributed by atoms with Crippen molar-refractivity contribution in [1.29, 1.82) is 0 Å². The monoisotopic (exact) mass is 174 g/mol. The standard InChI is InChI=1S/C13H18/c1-9-5-6-11-12(9)10(2)7-8-13(11,3)4/h5-7,9H,8H2,1-4H3. The summed E-state index contributed by atoms with van der Waals surface area (Å²) in [7, 11) is 0. The fraction of sp³-hybridized carbons (Fsp3) is 0.538. The Balaban J connectivity index is 2.52. The van der Waals surface area contributed by atoms with Crippen LogP contribution in [0.5, 0.6) is 0 Å². The van der Waals surface area contributed by atoms with Gasteiger partial charge in [-0.05, 0) is 35.8 Å². The molecule has 0 aromatic carbocycles. The fourth-order valence-electron chi connectivity index (χ4n) is 2.46. The van der Waals surface area contributed by atoms with E-state index < -0.39 is 0 Å². The number of hydrogen-bond acceptors (Lipinski definition) is 0. The van der Waals surface area contributed by atoms with Crippen LogP contribution in [-0.4, -0.2) is 0 Å². The van der Waals surface area contributed by atoms with Gasteiger partial charge in [0.15, 0.2) is 0 Å². The smallest absolute Gasteiger partial charge is 0.000177 e. The molecule has 0 heteroatoms. The molecule has 13 heavy (non-hydrogen) atoms. The molecule has 0 radical (unpaired) electrons. The van der Waals surface area contributed by atoms with Crippen molar-refractivity contribution in [3.63, 3.8) is 0 Å². The van der Waals surface area contributed by atoms with Crippen LogP contribution in [0.15, 0.2) is 34.9 Å². The Kier molecular flexibility index (Phi) is 1.76. The molecule has 0 fully saturated rings. The largest absolute Gasteiger partial charge is 0.0804 e. The Hall–Kier alpha value is -0.780. The highest BCUT2D eigenvalue weighted by atomic mass is 14.4. The van der Waals surface area contributed by atoms with Crippen molar-refractivity contribution < 1.29 is 0 Å². The van der Waals surface area contributed by atoms with E-state index in [2.05, 4.69) is 45.9 Å². The van der Waals surface area contributed by atoms with Crippen LogP contribution in [-0.2, 0) is 0 Å². The van der Waals surface area contributed by atoms with Crippen molar-refractivity contribution in [3.8, 4) is 0 Å². The van der Waals surface area contributed by atoms with Crippen LogP contribution in [0.2, 0.25) is 0 Å². The molecule has 0 aromatic rings. The van der Waals surface area contributed by atoms with Gasteiger partial charge in [0.25, 0.3) is 0 Å². The molecule has 0 saturated heterocycles. The third-order valence-electron chi connectivity index (χ3n) is 3.37. The first-order chi connectivity index (χ1) is 6.02. The summed E-state index contributed by atoms with van der Waals surface area (Å²) in [6.45, 7) is 9.22. The molecular formula is C13H18. The van der Waals surface area contributed by atoms with E-state index in [1.807, 2.05) is 0 Å². The molecule has 2 aliphatic rings. The first kappa shape index (κ1) is 8.80. The highest BCUT2D eigenvalue weighted by Crippen LogP contribution is 2.46. The van der Waals surface area contributed by atoms with Crippen LogP contribution in [0.4, 0.5) is 0 Å². The molecular weight excluding hydrogens is 156 g/mol. The molecule has 0 amide bonds. The van der Waals surface area contributed by atoms with E-state index in [9.17, 15) is 0 Å². The van der Waals surface area contributed by atoms with E-state index >= 15 is 0 Å². The van der Waals surface area contributed by atoms with Gasteiger partial charge in [-0.15, -0.1) is 0 Å². The molecule has 0 saturated carbocycles. The van der Waals surface area contributed by atoms with Gasteiger partial charge in [0.2, 0.25) is 0 Å². The van der Waals surface area contributed by atoms with Gasteiger partial charge in [-0.25, -0.2) is 0 Å². The molecule has 2 rings (SSSR count). The average Bonchev–Trinajstić information content (AvgIpc) is 2.42. The lowest BCUT2D eigenvalue weighted by atomic mass is 9.73. The predicted molar refractivity (Wildman–Crippen MR) is 57.5 cm³/mol. The lowest BCUT2D eigenvalue weighted by molar-refractivity contribution is 0.452. The molecule has 0 nitrogen and oxygen atoms in total. The summed E-state index contributed by atoms with van der Waals surface area (Å²) in [6, 6.07) is 0. The number of allylic oxidation sites excluding steroid dienone is 6. The maximum absolute atomic E-state index is 2.39. The summed E-state index contributed by atoms with van der Waals surface area (Å²) in [5.74, 6) is 0.630. The van der Waals surface area contributed by atoms with Crippen LogP contribution in [0.1, 0.15) is 34.1 Å². The van der Waals surface area contributed by atoms with Crippen molar-refractivity contribution in [2.75, 3.05) is 0 Å². The Morgan fingerprint density at radius 2 is 2.08 bits per heavy atom. The third kappa shape index (κ3) is 1.20. The van der Waals surface area contributed by atoms with E-state index in [1.54, 1.807) is 11.1 Å². The maximum Gasteiger partial charge on any atom is -0.000177 e. The normalized spacial score (nSPS) is 30.5. The summed E-state index contributed by atoms with van der Waals surface area (Å²) < 4.78 is 0. The zero-order valence-electron chi connectivity index (χ0n) is 9.02. The van der Waals surface area contributed by atoms with E-state index in [1.165, 1.54) is 12.0 Å². The van der Waals surface area contributed by atoms with Gasteiger partial charge < -0.3 is 0 Å². The Bertz CT molecular complexity index is 324. The van der Waals surface area contributed by atoms with Crippen molar-refractivity contribution >= 4 is 0 Å². The first-order valence-electron chi connectivity index (χ1n) is 5.12. The second-order valence-electron chi connectivity index (χ2n) is 4.95. The van der Waals surface area contributed by atoms with Gasteiger partial charge in [-0.2, -0.15) is 0 Å². The first-order valence-corrected chi connectivity index (χ1v) is 5.12. The lowest BCUT2D eigenvalue weighted by Gasteiger charge is -2.31. The summed E-state index contributed by atoms with van der Waals surface area (Å²) >= 11 is 0. The Morgan fingerprint density at radius 3 is 2.69 bits per heavy atom. The highest BCUT2D eigenvalue weighted by Gasteiger charge is 2.31. The zero-order valence-corrected chi connectivity index (χ0v) is 9.02. The van der Waals surface area contributed by atoms with E-state index in [4.69, 9.17) is 0 Å². The van der Waals surface area contributed by atoms with E-state index in [-0.39, 0.29) is 0 Å². The molecule has 0 bridgehead atoms. The van der Waals surface area contributed by atoms with Gasteiger partial charge in [0.05, 0.1) is 0 Å². The topological polar surface area (TPSA) is 0 Å². The fourth-order valence-corrected chi connectivity index (χ4v) is 2.46. The minimum absolute atomic E-state index is 0.357. The minimum atomic E-state index is 0.357. The molecule has 0 spiro atoms. The van der Waals surface area contributed by atoms with Crippen molar-refractivity contribution in [1.82, 2.24) is 0 Å². The molecule has 70 valence electrons. The van der Waals surface area contributed by atoms with E-state index in [0.717, 1.165) is 0 Å². The average molecular weight is 174 g/mol. The third-order valence-corrected chi connectivity index (χ3v) is 3.37. The predicted octanol–water partition coefficient (Wildman–Crippen LogP) is 3.87. The summed E-state index contributed by atoms with van der Waals surface area (Å²) in [6.07, 6.45) is 8.24. The van der Waals surface area contributed by atoms with E-state index in [0.29, 0.717) is 11.3 Å². The van der Waals surface area contributed by atoms with Crippen LogP contribution in [0.3, 0.4) is 0 Å². The van der Waals surface area contributed by atoms with Gasteiger partial charge in [0.1, 0.15) is 0 Å². The van der Waals surface area contributed by atoms with Crippen LogP contribution in [0.25, 0.3) is 0 Å². The Labute approximate surface area is 81.0 Å². The quantitative estimate of drug-likeness (QED) is 0.523. The minimum Gasteiger partial charge on any atom is -0.0804 e. The van der Waals surface area contributed by atoms with Crippen molar-refractivity contribution in [2.45, 2.75) is 34.1 Å². The zero-order chi connectivity index (χ0) is 9.64. The highest BCUT2D eigenvalue weighted by molar-refractivity contribution is 5.52.